The molecule has 1 saturated heterocycles. The van der Waals surface area contributed by atoms with Crippen molar-refractivity contribution >= 4 is 34.1 Å². The van der Waals surface area contributed by atoms with Crippen LogP contribution in [0.1, 0.15) is 12.0 Å². The summed E-state index contributed by atoms with van der Waals surface area (Å²) >= 11 is 3.06. The number of thiazole rings is 1. The highest BCUT2D eigenvalue weighted by Gasteiger charge is 2.22. The van der Waals surface area contributed by atoms with Crippen molar-refractivity contribution < 1.29 is 9.21 Å². The lowest BCUT2D eigenvalue weighted by Crippen LogP contribution is -2.36. The second kappa shape index (κ2) is 10.2. The summed E-state index contributed by atoms with van der Waals surface area (Å²) in [4.78, 5) is 21.6. The van der Waals surface area contributed by atoms with E-state index in [2.05, 4.69) is 32.2 Å². The molecule has 0 aliphatic carbocycles. The Balaban J connectivity index is 1.27. The van der Waals surface area contributed by atoms with Gasteiger partial charge in [0.25, 0.3) is 0 Å². The topological polar surface area (TPSA) is 80.3 Å². The molecule has 1 fully saturated rings. The number of furan rings is 1. The predicted octanol–water partition coefficient (Wildman–Crippen LogP) is 3.87. The summed E-state index contributed by atoms with van der Waals surface area (Å²) in [6.45, 7) is 3.79. The summed E-state index contributed by atoms with van der Waals surface area (Å²) in [5, 5.41) is 12.5. The van der Waals surface area contributed by atoms with E-state index in [0.29, 0.717) is 35.6 Å². The van der Waals surface area contributed by atoms with Crippen LogP contribution in [0.25, 0.3) is 11.6 Å². The van der Waals surface area contributed by atoms with E-state index in [1.54, 1.807) is 17.6 Å². The van der Waals surface area contributed by atoms with Gasteiger partial charge in [0, 0.05) is 37.8 Å². The zero-order chi connectivity index (χ0) is 22.5. The maximum atomic E-state index is 13.0. The van der Waals surface area contributed by atoms with Crippen LogP contribution in [-0.2, 0) is 11.3 Å². The molecule has 5 rings (SSSR count). The van der Waals surface area contributed by atoms with E-state index < -0.39 is 0 Å². The summed E-state index contributed by atoms with van der Waals surface area (Å²) < 4.78 is 7.58. The third-order valence-corrected chi connectivity index (χ3v) is 7.29. The minimum atomic E-state index is 0.120. The van der Waals surface area contributed by atoms with Gasteiger partial charge in [-0.1, -0.05) is 42.1 Å². The molecule has 0 radical (unpaired) electrons. The first kappa shape index (κ1) is 21.7. The molecule has 8 nitrogen and oxygen atoms in total. The lowest BCUT2D eigenvalue weighted by molar-refractivity contribution is -0.128. The maximum Gasteiger partial charge on any atom is 0.233 e. The van der Waals surface area contributed by atoms with Crippen LogP contribution in [0.15, 0.2) is 69.9 Å². The number of aromatic nitrogens is 4. The Hall–Kier alpha value is -3.11. The Morgan fingerprint density at radius 3 is 2.76 bits per heavy atom. The standard InChI is InChI=1S/C23H24N6O2S2/c30-20(27-10-5-11-28(13-12-27)22-24-9-15-32-22)17-33-23-26-25-21(19-8-4-14-31-19)29(23)16-18-6-2-1-3-7-18/h1-4,6-9,14-15H,5,10-13,16-17H2. The van der Waals surface area contributed by atoms with Gasteiger partial charge in [0.05, 0.1) is 18.6 Å². The van der Waals surface area contributed by atoms with Crippen LogP contribution in [-0.4, -0.2) is 62.5 Å². The molecule has 1 amide bonds. The van der Waals surface area contributed by atoms with E-state index in [0.717, 1.165) is 36.8 Å². The van der Waals surface area contributed by atoms with Gasteiger partial charge in [-0.3, -0.25) is 9.36 Å². The molecule has 0 bridgehead atoms. The minimum Gasteiger partial charge on any atom is -0.461 e. The lowest BCUT2D eigenvalue weighted by atomic mass is 10.2. The number of thioether (sulfide) groups is 1. The molecule has 170 valence electrons. The molecule has 0 unspecified atom stereocenters. The maximum absolute atomic E-state index is 13.0. The third kappa shape index (κ3) is 5.12. The van der Waals surface area contributed by atoms with Gasteiger partial charge >= 0.3 is 0 Å². The monoisotopic (exact) mass is 480 g/mol. The Morgan fingerprint density at radius 2 is 1.97 bits per heavy atom. The van der Waals surface area contributed by atoms with Crippen LogP contribution in [0.5, 0.6) is 0 Å². The number of hydrogen-bond donors (Lipinski definition) is 0. The molecule has 0 N–H and O–H groups in total. The molecule has 1 aliphatic heterocycles. The van der Waals surface area contributed by atoms with Crippen molar-refractivity contribution in [1.82, 2.24) is 24.6 Å². The minimum absolute atomic E-state index is 0.120. The number of anilines is 1. The lowest BCUT2D eigenvalue weighted by Gasteiger charge is -2.21. The SMILES string of the molecule is O=C(CSc1nnc(-c2ccco2)n1Cc1ccccc1)N1CCCN(c2nccs2)CC1. The largest absolute Gasteiger partial charge is 0.461 e. The van der Waals surface area contributed by atoms with E-state index >= 15 is 0 Å². The number of nitrogens with zero attached hydrogens (tertiary/aromatic N) is 6. The highest BCUT2D eigenvalue weighted by Crippen LogP contribution is 2.26. The predicted molar refractivity (Wildman–Crippen MR) is 130 cm³/mol. The van der Waals surface area contributed by atoms with E-state index in [1.165, 1.54) is 11.8 Å². The van der Waals surface area contributed by atoms with Gasteiger partial charge in [0.15, 0.2) is 16.0 Å². The average Bonchev–Trinajstić information content (AvgIpc) is 3.59. The van der Waals surface area contributed by atoms with E-state index in [4.69, 9.17) is 4.42 Å². The molecule has 33 heavy (non-hydrogen) atoms. The van der Waals surface area contributed by atoms with Gasteiger partial charge in [0.1, 0.15) is 0 Å². The average molecular weight is 481 g/mol. The summed E-state index contributed by atoms with van der Waals surface area (Å²) in [6.07, 6.45) is 4.39. The van der Waals surface area contributed by atoms with Gasteiger partial charge in [-0.25, -0.2) is 4.98 Å². The summed E-state index contributed by atoms with van der Waals surface area (Å²) in [7, 11) is 0. The number of benzene rings is 1. The molecule has 3 aromatic heterocycles. The normalized spacial score (nSPS) is 14.4. The molecule has 1 aliphatic rings. The Morgan fingerprint density at radius 1 is 1.06 bits per heavy atom. The highest BCUT2D eigenvalue weighted by atomic mass is 32.2. The number of rotatable bonds is 7. The highest BCUT2D eigenvalue weighted by molar-refractivity contribution is 7.99. The summed E-state index contributed by atoms with van der Waals surface area (Å²) in [6, 6.07) is 13.9. The van der Waals surface area contributed by atoms with Crippen molar-refractivity contribution in [2.45, 2.75) is 18.1 Å². The second-order valence-corrected chi connectivity index (χ2v) is 9.50. The Bertz CT molecular complexity index is 1160. The first-order chi connectivity index (χ1) is 16.3. The summed E-state index contributed by atoms with van der Waals surface area (Å²) in [5.41, 5.74) is 1.13. The Labute approximate surface area is 200 Å². The molecular weight excluding hydrogens is 456 g/mol. The van der Waals surface area contributed by atoms with Gasteiger partial charge in [0.2, 0.25) is 11.7 Å². The van der Waals surface area contributed by atoms with Crippen molar-refractivity contribution in [3.63, 3.8) is 0 Å². The van der Waals surface area contributed by atoms with Crippen LogP contribution in [0.3, 0.4) is 0 Å². The third-order valence-electron chi connectivity index (χ3n) is 5.51. The first-order valence-corrected chi connectivity index (χ1v) is 12.7. The van der Waals surface area contributed by atoms with Gasteiger partial charge < -0.3 is 14.2 Å². The second-order valence-electron chi connectivity index (χ2n) is 7.68. The molecule has 0 spiro atoms. The van der Waals surface area contributed by atoms with Crippen molar-refractivity contribution in [1.29, 1.82) is 0 Å². The van der Waals surface area contributed by atoms with Crippen molar-refractivity contribution in [3.05, 3.63) is 65.9 Å². The van der Waals surface area contributed by atoms with Crippen molar-refractivity contribution in [2.75, 3.05) is 36.8 Å². The fourth-order valence-corrected chi connectivity index (χ4v) is 5.38. The molecule has 1 aromatic carbocycles. The van der Waals surface area contributed by atoms with Crippen LogP contribution in [0.2, 0.25) is 0 Å². The number of carbonyl (C=O) groups is 1. The number of amides is 1. The fourth-order valence-electron chi connectivity index (χ4n) is 3.84. The number of carbonyl (C=O) groups excluding carboxylic acids is 1. The van der Waals surface area contributed by atoms with Crippen molar-refractivity contribution in [3.8, 4) is 11.6 Å². The first-order valence-electron chi connectivity index (χ1n) is 10.8. The van der Waals surface area contributed by atoms with Crippen molar-refractivity contribution in [2.24, 2.45) is 0 Å². The van der Waals surface area contributed by atoms with E-state index in [-0.39, 0.29) is 5.91 Å². The molecule has 0 atom stereocenters. The Kier molecular flexibility index (Phi) is 6.73. The van der Waals surface area contributed by atoms with E-state index in [1.807, 2.05) is 51.4 Å². The fraction of sp³-hybridized carbons (Fsp3) is 0.304. The zero-order valence-corrected chi connectivity index (χ0v) is 19.7. The van der Waals surface area contributed by atoms with Crippen LogP contribution in [0, 0.1) is 0 Å². The van der Waals surface area contributed by atoms with Gasteiger partial charge in [-0.05, 0) is 24.1 Å². The molecule has 0 saturated carbocycles. The molecule has 4 aromatic rings. The van der Waals surface area contributed by atoms with Crippen LogP contribution in [0.4, 0.5) is 5.13 Å². The summed E-state index contributed by atoms with van der Waals surface area (Å²) in [5.74, 6) is 1.76. The van der Waals surface area contributed by atoms with Crippen LogP contribution >= 0.6 is 23.1 Å². The quantitative estimate of drug-likeness (QED) is 0.372. The molecule has 4 heterocycles. The molecular formula is C23H24N6O2S2. The van der Waals surface area contributed by atoms with Crippen LogP contribution < -0.4 is 4.90 Å². The smallest absolute Gasteiger partial charge is 0.233 e. The number of hydrogen-bond acceptors (Lipinski definition) is 8. The molecule has 10 heteroatoms. The van der Waals surface area contributed by atoms with Gasteiger partial charge in [-0.2, -0.15) is 0 Å². The van der Waals surface area contributed by atoms with Gasteiger partial charge in [-0.15, -0.1) is 21.5 Å². The van der Waals surface area contributed by atoms with E-state index in [9.17, 15) is 4.79 Å². The zero-order valence-electron chi connectivity index (χ0n) is 18.0.